The maximum atomic E-state index is 13.2. The topological polar surface area (TPSA) is 125 Å². The Bertz CT molecular complexity index is 957. The number of aliphatic hydroxyl groups excluding tert-OH is 1. The number of rotatable bonds is 6. The molecule has 4 atom stereocenters. The number of aromatic hydroxyl groups is 1. The molecule has 1 fully saturated rings. The highest BCUT2D eigenvalue weighted by Gasteiger charge is 2.56. The summed E-state index contributed by atoms with van der Waals surface area (Å²) in [5.74, 6) is -2.38. The van der Waals surface area contributed by atoms with Crippen LogP contribution < -0.4 is 10.6 Å². The van der Waals surface area contributed by atoms with Crippen molar-refractivity contribution < 1.29 is 29.3 Å². The molecule has 1 aliphatic rings. The van der Waals surface area contributed by atoms with Gasteiger partial charge in [-0.3, -0.25) is 14.4 Å². The lowest BCUT2D eigenvalue weighted by molar-refractivity contribution is -0.156. The molecule has 3 rings (SSSR count). The number of phenolic OH excluding ortho intramolecular Hbond substituents is 1. The summed E-state index contributed by atoms with van der Waals surface area (Å²) in [4.78, 5) is 36.0. The van der Waals surface area contributed by atoms with Gasteiger partial charge in [-0.15, -0.1) is 11.7 Å². The molecule has 158 valence electrons. The fraction of sp³-hybridized carbons (Fsp3) is 0.250. The highest BCUT2D eigenvalue weighted by molar-refractivity contribution is 8.69. The fourth-order valence-electron chi connectivity index (χ4n) is 3.23. The van der Waals surface area contributed by atoms with Crippen LogP contribution in [0.4, 0.5) is 0 Å². The molecule has 0 saturated carbocycles. The number of thiol groups is 1. The van der Waals surface area contributed by atoms with Crippen molar-refractivity contribution in [1.29, 1.82) is 0 Å². The van der Waals surface area contributed by atoms with Gasteiger partial charge in [-0.25, -0.2) is 0 Å². The van der Waals surface area contributed by atoms with Crippen molar-refractivity contribution in [2.75, 3.05) is 0 Å². The van der Waals surface area contributed by atoms with Crippen molar-refractivity contribution in [1.82, 2.24) is 10.6 Å². The molecule has 0 spiro atoms. The first-order valence-electron chi connectivity index (χ1n) is 8.94. The Morgan fingerprint density at radius 3 is 2.40 bits per heavy atom. The zero-order valence-electron chi connectivity index (χ0n) is 15.8. The minimum Gasteiger partial charge on any atom is -0.508 e. The SMILES string of the molecule is CC(=O)OC(c1ccccc1O)[C@]1(SS)NC(=O)C(C(O)c2ccccc2)NC1=O. The molecular weight excluding hydrogens is 428 g/mol. The van der Waals surface area contributed by atoms with E-state index >= 15 is 0 Å². The first kappa shape index (κ1) is 22.0. The third-order valence-corrected chi connectivity index (χ3v) is 6.34. The normalized spacial score (nSPS) is 23.1. The van der Waals surface area contributed by atoms with Crippen molar-refractivity contribution in [2.24, 2.45) is 0 Å². The molecule has 0 bridgehead atoms. The van der Waals surface area contributed by atoms with Crippen molar-refractivity contribution >= 4 is 40.2 Å². The Hall–Kier alpha value is -2.69. The van der Waals surface area contributed by atoms with Gasteiger partial charge in [-0.1, -0.05) is 59.3 Å². The molecule has 1 heterocycles. The van der Waals surface area contributed by atoms with Gasteiger partial charge in [-0.2, -0.15) is 0 Å². The number of hydrogen-bond acceptors (Lipinski definition) is 8. The highest BCUT2D eigenvalue weighted by Crippen LogP contribution is 2.45. The third kappa shape index (κ3) is 4.11. The van der Waals surface area contributed by atoms with Crippen LogP contribution in [0.25, 0.3) is 0 Å². The van der Waals surface area contributed by atoms with Gasteiger partial charge in [-0.05, 0) is 11.6 Å². The summed E-state index contributed by atoms with van der Waals surface area (Å²) in [6.45, 7) is 1.15. The first-order valence-corrected chi connectivity index (χ1v) is 10.8. The Labute approximate surface area is 181 Å². The lowest BCUT2D eigenvalue weighted by Crippen LogP contribution is -2.71. The van der Waals surface area contributed by atoms with Gasteiger partial charge in [0.15, 0.2) is 6.10 Å². The van der Waals surface area contributed by atoms with E-state index in [2.05, 4.69) is 22.3 Å². The van der Waals surface area contributed by atoms with E-state index in [1.54, 1.807) is 42.5 Å². The summed E-state index contributed by atoms with van der Waals surface area (Å²) in [6.07, 6.45) is -2.67. The first-order chi connectivity index (χ1) is 14.3. The van der Waals surface area contributed by atoms with Crippen LogP contribution in [0.2, 0.25) is 0 Å². The summed E-state index contributed by atoms with van der Waals surface area (Å²) in [5, 5.41) is 25.9. The summed E-state index contributed by atoms with van der Waals surface area (Å²) in [6, 6.07) is 13.1. The molecule has 1 saturated heterocycles. The highest BCUT2D eigenvalue weighted by atomic mass is 33.1. The van der Waals surface area contributed by atoms with E-state index in [4.69, 9.17) is 4.74 Å². The Morgan fingerprint density at radius 1 is 1.17 bits per heavy atom. The summed E-state index contributed by atoms with van der Waals surface area (Å²) in [7, 11) is 0.649. The molecule has 30 heavy (non-hydrogen) atoms. The standard InChI is InChI=1S/C20H20N2O6S2/c1-11(23)28-17(13-9-5-6-10-14(13)24)20(30-29)19(27)21-15(18(26)22-20)16(25)12-7-3-2-4-8-12/h2-10,15-17,24-25,29H,1H3,(H,21,27)(H,22,26)/t15?,16?,17?,20-/m1/s1. The number of amides is 2. The molecular formula is C20H20N2O6S2. The van der Waals surface area contributed by atoms with E-state index in [0.717, 1.165) is 6.92 Å². The lowest BCUT2D eigenvalue weighted by Gasteiger charge is -2.43. The molecule has 10 heteroatoms. The molecule has 0 aromatic heterocycles. The van der Waals surface area contributed by atoms with Crippen molar-refractivity contribution in [3.05, 3.63) is 65.7 Å². The van der Waals surface area contributed by atoms with E-state index in [9.17, 15) is 24.6 Å². The minimum atomic E-state index is -1.88. The second-order valence-corrected chi connectivity index (χ2v) is 8.05. The van der Waals surface area contributed by atoms with Crippen LogP contribution in [-0.4, -0.2) is 38.9 Å². The number of ether oxygens (including phenoxy) is 1. The molecule has 2 aromatic carbocycles. The van der Waals surface area contributed by atoms with Gasteiger partial charge in [0.05, 0.1) is 0 Å². The average Bonchev–Trinajstić information content (AvgIpc) is 2.74. The second kappa shape index (κ2) is 8.99. The number of hydrogen-bond donors (Lipinski definition) is 5. The third-order valence-electron chi connectivity index (χ3n) is 4.69. The Balaban J connectivity index is 1.98. The van der Waals surface area contributed by atoms with E-state index in [1.807, 2.05) is 0 Å². The number of aliphatic hydroxyl groups is 1. The molecule has 1 aliphatic heterocycles. The Kier molecular flexibility index (Phi) is 6.59. The zero-order chi connectivity index (χ0) is 21.9. The second-order valence-electron chi connectivity index (χ2n) is 6.67. The molecule has 2 aromatic rings. The molecule has 8 nitrogen and oxygen atoms in total. The monoisotopic (exact) mass is 448 g/mol. The van der Waals surface area contributed by atoms with E-state index in [0.29, 0.717) is 16.4 Å². The Morgan fingerprint density at radius 2 is 1.80 bits per heavy atom. The van der Waals surface area contributed by atoms with Gasteiger partial charge >= 0.3 is 5.97 Å². The molecule has 3 unspecified atom stereocenters. The number of esters is 1. The van der Waals surface area contributed by atoms with Gasteiger partial charge in [0, 0.05) is 12.5 Å². The number of benzene rings is 2. The number of carbonyl (C=O) groups is 3. The number of nitrogens with one attached hydrogen (secondary N) is 2. The molecule has 0 aliphatic carbocycles. The predicted octanol–water partition coefficient (Wildman–Crippen LogP) is 1.62. The summed E-state index contributed by atoms with van der Waals surface area (Å²) in [5.41, 5.74) is 0.563. The average molecular weight is 449 g/mol. The predicted molar refractivity (Wildman–Crippen MR) is 113 cm³/mol. The molecule has 2 amide bonds. The van der Waals surface area contributed by atoms with Gasteiger partial charge < -0.3 is 25.6 Å². The molecule has 4 N–H and O–H groups in total. The van der Waals surface area contributed by atoms with E-state index in [1.165, 1.54) is 12.1 Å². The van der Waals surface area contributed by atoms with Crippen LogP contribution in [0.3, 0.4) is 0 Å². The van der Waals surface area contributed by atoms with Crippen LogP contribution in [0.1, 0.15) is 30.3 Å². The van der Waals surface area contributed by atoms with Gasteiger partial charge in [0.1, 0.15) is 17.9 Å². The fourth-order valence-corrected chi connectivity index (χ4v) is 4.47. The molecule has 0 radical (unpaired) electrons. The summed E-state index contributed by atoms with van der Waals surface area (Å²) < 4.78 is 5.34. The number of para-hydroxylation sites is 1. The number of phenols is 1. The van der Waals surface area contributed by atoms with Crippen molar-refractivity contribution in [3.8, 4) is 5.75 Å². The van der Waals surface area contributed by atoms with Crippen LogP contribution >= 0.6 is 22.5 Å². The lowest BCUT2D eigenvalue weighted by atomic mass is 9.93. The van der Waals surface area contributed by atoms with Gasteiger partial charge in [0.25, 0.3) is 5.91 Å². The van der Waals surface area contributed by atoms with Crippen LogP contribution in [-0.2, 0) is 19.1 Å². The number of carbonyl (C=O) groups excluding carboxylic acids is 3. The maximum Gasteiger partial charge on any atom is 0.303 e. The van der Waals surface area contributed by atoms with E-state index < -0.39 is 40.9 Å². The smallest absolute Gasteiger partial charge is 0.303 e. The van der Waals surface area contributed by atoms with Crippen LogP contribution in [0, 0.1) is 0 Å². The van der Waals surface area contributed by atoms with Crippen molar-refractivity contribution in [2.45, 2.75) is 30.0 Å². The zero-order valence-corrected chi connectivity index (χ0v) is 17.5. The van der Waals surface area contributed by atoms with Crippen molar-refractivity contribution in [3.63, 3.8) is 0 Å². The van der Waals surface area contributed by atoms with Crippen LogP contribution in [0.5, 0.6) is 5.75 Å². The quantitative estimate of drug-likeness (QED) is 0.258. The van der Waals surface area contributed by atoms with Crippen LogP contribution in [0.15, 0.2) is 54.6 Å². The van der Waals surface area contributed by atoms with Gasteiger partial charge in [0.2, 0.25) is 10.8 Å². The minimum absolute atomic E-state index is 0.117. The maximum absolute atomic E-state index is 13.2. The largest absolute Gasteiger partial charge is 0.508 e. The number of piperazine rings is 1. The summed E-state index contributed by atoms with van der Waals surface area (Å²) >= 11 is 4.15. The van der Waals surface area contributed by atoms with E-state index in [-0.39, 0.29) is 11.3 Å².